The molecule has 8 heteroatoms. The molecule has 0 aliphatic rings. The summed E-state index contributed by atoms with van der Waals surface area (Å²) in [6.45, 7) is 7.41. The quantitative estimate of drug-likeness (QED) is 0.334. The SMILES string of the molecule is C#Cc1c(-n2ncc3c(NCc4ccc(OC)c(OC)c4)ncnc32)cccc1[Si](C)(C)C. The number of nitrogens with zero attached hydrogens (tertiary/aromatic N) is 4. The number of terminal acetylenes is 1. The molecular weight excluding hydrogens is 430 g/mol. The molecule has 0 radical (unpaired) electrons. The van der Waals surface area contributed by atoms with Crippen molar-refractivity contribution in [2.75, 3.05) is 19.5 Å². The van der Waals surface area contributed by atoms with Crippen molar-refractivity contribution in [3.05, 3.63) is 60.0 Å². The van der Waals surface area contributed by atoms with E-state index >= 15 is 0 Å². The molecule has 2 heterocycles. The number of benzene rings is 2. The van der Waals surface area contributed by atoms with Crippen LogP contribution in [0, 0.1) is 12.3 Å². The maximum absolute atomic E-state index is 5.95. The highest BCUT2D eigenvalue weighted by Gasteiger charge is 2.23. The predicted molar refractivity (Wildman–Crippen MR) is 134 cm³/mol. The molecule has 2 aromatic carbocycles. The number of hydrogen-bond donors (Lipinski definition) is 1. The number of rotatable bonds is 7. The van der Waals surface area contributed by atoms with E-state index in [1.54, 1.807) is 25.1 Å². The molecule has 0 aliphatic heterocycles. The van der Waals surface area contributed by atoms with Gasteiger partial charge < -0.3 is 14.8 Å². The van der Waals surface area contributed by atoms with Gasteiger partial charge in [0.15, 0.2) is 17.1 Å². The van der Waals surface area contributed by atoms with Crippen molar-refractivity contribution in [1.82, 2.24) is 19.7 Å². The van der Waals surface area contributed by atoms with E-state index in [0.717, 1.165) is 22.2 Å². The number of nitrogens with one attached hydrogen (secondary N) is 1. The molecule has 7 nitrogen and oxygen atoms in total. The Bertz CT molecular complexity index is 1350. The Morgan fingerprint density at radius 3 is 2.55 bits per heavy atom. The Balaban J connectivity index is 1.70. The third-order valence-electron chi connectivity index (χ3n) is 5.50. The average molecular weight is 458 g/mol. The van der Waals surface area contributed by atoms with Crippen molar-refractivity contribution in [1.29, 1.82) is 0 Å². The molecular formula is C25H27N5O2Si. The molecule has 0 saturated heterocycles. The van der Waals surface area contributed by atoms with Crippen molar-refractivity contribution >= 4 is 30.1 Å². The molecule has 0 aliphatic carbocycles. The first-order valence-electron chi connectivity index (χ1n) is 10.6. The van der Waals surface area contributed by atoms with Crippen molar-refractivity contribution in [3.8, 4) is 29.5 Å². The normalized spacial score (nSPS) is 11.3. The van der Waals surface area contributed by atoms with Gasteiger partial charge in [-0.3, -0.25) is 0 Å². The molecule has 0 unspecified atom stereocenters. The van der Waals surface area contributed by atoms with E-state index in [0.29, 0.717) is 29.5 Å². The van der Waals surface area contributed by atoms with Crippen molar-refractivity contribution in [3.63, 3.8) is 0 Å². The van der Waals surface area contributed by atoms with E-state index < -0.39 is 8.07 Å². The first-order valence-corrected chi connectivity index (χ1v) is 14.1. The van der Waals surface area contributed by atoms with Gasteiger partial charge in [0.1, 0.15) is 12.1 Å². The Hall–Kier alpha value is -3.83. The van der Waals surface area contributed by atoms with Crippen LogP contribution in [0.3, 0.4) is 0 Å². The fourth-order valence-corrected chi connectivity index (χ4v) is 5.38. The molecule has 0 bridgehead atoms. The second-order valence-electron chi connectivity index (χ2n) is 8.65. The zero-order valence-electron chi connectivity index (χ0n) is 19.5. The summed E-state index contributed by atoms with van der Waals surface area (Å²) in [5, 5.41) is 10.1. The fraction of sp³-hybridized carbons (Fsp3) is 0.240. The smallest absolute Gasteiger partial charge is 0.168 e. The summed E-state index contributed by atoms with van der Waals surface area (Å²) < 4.78 is 12.5. The minimum atomic E-state index is -1.63. The van der Waals surface area contributed by atoms with Crippen LogP contribution in [-0.2, 0) is 6.54 Å². The van der Waals surface area contributed by atoms with E-state index in [1.807, 2.05) is 30.3 Å². The van der Waals surface area contributed by atoms with Crippen LogP contribution in [0.2, 0.25) is 19.6 Å². The molecule has 0 atom stereocenters. The molecule has 1 N–H and O–H groups in total. The standard InChI is InChI=1S/C25H27N5O2Si/c1-7-18-20(9-8-10-23(18)33(4,5)6)30-25-19(15-29-30)24(27-16-28-25)26-14-17-11-12-21(31-2)22(13-17)32-3/h1,8-13,15-16H,14H2,2-6H3,(H,26,27,28). The number of hydrogen-bond acceptors (Lipinski definition) is 6. The number of anilines is 1. The molecule has 4 rings (SSSR count). The monoisotopic (exact) mass is 457 g/mol. The maximum atomic E-state index is 5.95. The molecule has 168 valence electrons. The summed E-state index contributed by atoms with van der Waals surface area (Å²) in [5.74, 6) is 4.97. The topological polar surface area (TPSA) is 74.1 Å². The minimum absolute atomic E-state index is 0.554. The van der Waals surface area contributed by atoms with Crippen molar-refractivity contribution in [2.45, 2.75) is 26.2 Å². The Morgan fingerprint density at radius 2 is 1.85 bits per heavy atom. The summed E-state index contributed by atoms with van der Waals surface area (Å²) in [5.41, 5.74) is 3.46. The van der Waals surface area contributed by atoms with E-state index in [1.165, 1.54) is 11.5 Å². The summed E-state index contributed by atoms with van der Waals surface area (Å²) >= 11 is 0. The highest BCUT2D eigenvalue weighted by atomic mass is 28.3. The summed E-state index contributed by atoms with van der Waals surface area (Å²) in [6.07, 6.45) is 9.26. The third-order valence-corrected chi connectivity index (χ3v) is 7.53. The Labute approximate surface area is 194 Å². The van der Waals surface area contributed by atoms with Gasteiger partial charge in [0.2, 0.25) is 0 Å². The number of ether oxygens (including phenoxy) is 2. The Kier molecular flexibility index (Phi) is 6.07. The largest absolute Gasteiger partial charge is 0.493 e. The lowest BCUT2D eigenvalue weighted by Gasteiger charge is -2.20. The van der Waals surface area contributed by atoms with Crippen LogP contribution >= 0.6 is 0 Å². The lowest BCUT2D eigenvalue weighted by molar-refractivity contribution is 0.354. The van der Waals surface area contributed by atoms with Crippen LogP contribution in [0.4, 0.5) is 5.82 Å². The van der Waals surface area contributed by atoms with E-state index in [-0.39, 0.29) is 0 Å². The lowest BCUT2D eigenvalue weighted by Crippen LogP contribution is -2.40. The van der Waals surface area contributed by atoms with Crippen LogP contribution in [-0.4, -0.2) is 42.0 Å². The summed E-state index contributed by atoms with van der Waals surface area (Å²) in [4.78, 5) is 8.95. The van der Waals surface area contributed by atoms with Crippen molar-refractivity contribution < 1.29 is 9.47 Å². The first kappa shape index (κ1) is 22.4. The van der Waals surface area contributed by atoms with Crippen LogP contribution in [0.15, 0.2) is 48.9 Å². The highest BCUT2D eigenvalue weighted by Crippen LogP contribution is 2.28. The Morgan fingerprint density at radius 1 is 1.06 bits per heavy atom. The van der Waals surface area contributed by atoms with Crippen LogP contribution in [0.5, 0.6) is 11.5 Å². The summed E-state index contributed by atoms with van der Waals surface area (Å²) in [7, 11) is 1.61. The van der Waals surface area contributed by atoms with Gasteiger partial charge in [-0.15, -0.1) is 6.42 Å². The number of methoxy groups -OCH3 is 2. The zero-order valence-corrected chi connectivity index (χ0v) is 20.5. The second kappa shape index (κ2) is 8.96. The highest BCUT2D eigenvalue weighted by molar-refractivity contribution is 6.89. The van der Waals surface area contributed by atoms with E-state index in [9.17, 15) is 0 Å². The minimum Gasteiger partial charge on any atom is -0.493 e. The number of aromatic nitrogens is 4. The van der Waals surface area contributed by atoms with Crippen molar-refractivity contribution in [2.24, 2.45) is 0 Å². The summed E-state index contributed by atoms with van der Waals surface area (Å²) in [6, 6.07) is 12.0. The van der Waals surface area contributed by atoms with Gasteiger partial charge in [0.05, 0.1) is 39.6 Å². The van der Waals surface area contributed by atoms with Crippen LogP contribution < -0.4 is 20.0 Å². The molecule has 0 spiro atoms. The van der Waals surface area contributed by atoms with Gasteiger partial charge in [-0.2, -0.15) is 5.10 Å². The van der Waals surface area contributed by atoms with Gasteiger partial charge in [0.25, 0.3) is 0 Å². The molecule has 2 aromatic heterocycles. The van der Waals surface area contributed by atoms with Crippen LogP contribution in [0.25, 0.3) is 16.7 Å². The maximum Gasteiger partial charge on any atom is 0.168 e. The molecule has 4 aromatic rings. The second-order valence-corrected chi connectivity index (χ2v) is 13.7. The van der Waals surface area contributed by atoms with Gasteiger partial charge in [-0.1, -0.05) is 43.8 Å². The average Bonchev–Trinajstić information content (AvgIpc) is 3.26. The third kappa shape index (κ3) is 4.27. The lowest BCUT2D eigenvalue weighted by atomic mass is 10.2. The van der Waals surface area contributed by atoms with Gasteiger partial charge in [0, 0.05) is 12.1 Å². The molecule has 0 amide bonds. The van der Waals surface area contributed by atoms with Crippen LogP contribution in [0.1, 0.15) is 11.1 Å². The van der Waals surface area contributed by atoms with E-state index in [4.69, 9.17) is 15.9 Å². The van der Waals surface area contributed by atoms with E-state index in [2.05, 4.69) is 52.0 Å². The number of fused-ring (bicyclic) bond motifs is 1. The van der Waals surface area contributed by atoms with Gasteiger partial charge >= 0.3 is 0 Å². The fourth-order valence-electron chi connectivity index (χ4n) is 3.83. The predicted octanol–water partition coefficient (Wildman–Crippen LogP) is 3.97. The molecule has 0 saturated carbocycles. The van der Waals surface area contributed by atoms with Gasteiger partial charge in [-0.05, 0) is 28.9 Å². The first-order chi connectivity index (χ1) is 15.9. The van der Waals surface area contributed by atoms with Gasteiger partial charge in [-0.25, -0.2) is 14.6 Å². The molecule has 33 heavy (non-hydrogen) atoms. The molecule has 0 fully saturated rings. The zero-order chi connectivity index (χ0) is 23.6.